The van der Waals surface area contributed by atoms with Crippen molar-refractivity contribution in [3.63, 3.8) is 0 Å². The van der Waals surface area contributed by atoms with Crippen LogP contribution in [0.4, 0.5) is 5.13 Å². The van der Waals surface area contributed by atoms with Crippen molar-refractivity contribution >= 4 is 49.6 Å². The number of nitrogens with zero attached hydrogens (tertiary/aromatic N) is 4. The highest BCUT2D eigenvalue weighted by Crippen LogP contribution is 2.28. The average Bonchev–Trinajstić information content (AvgIpc) is 3.34. The Morgan fingerprint density at radius 3 is 2.85 bits per heavy atom. The number of anilines is 1. The lowest BCUT2D eigenvalue weighted by molar-refractivity contribution is 0.102. The minimum absolute atomic E-state index is 0.272. The van der Waals surface area contributed by atoms with E-state index in [1.54, 1.807) is 16.3 Å². The van der Waals surface area contributed by atoms with Crippen molar-refractivity contribution in [2.75, 3.05) is 5.32 Å². The highest BCUT2D eigenvalue weighted by molar-refractivity contribution is 9.10. The van der Waals surface area contributed by atoms with Gasteiger partial charge in [0.15, 0.2) is 5.13 Å². The molecule has 4 aromatic rings. The quantitative estimate of drug-likeness (QED) is 0.494. The molecule has 4 rings (SSSR count). The first-order chi connectivity index (χ1) is 12.6. The van der Waals surface area contributed by atoms with E-state index >= 15 is 0 Å². The van der Waals surface area contributed by atoms with Crippen LogP contribution < -0.4 is 5.32 Å². The van der Waals surface area contributed by atoms with Crippen molar-refractivity contribution in [1.29, 1.82) is 0 Å². The van der Waals surface area contributed by atoms with Crippen LogP contribution in [-0.2, 0) is 7.05 Å². The summed E-state index contributed by atoms with van der Waals surface area (Å²) >= 11 is 6.25. The Labute approximate surface area is 165 Å². The summed E-state index contributed by atoms with van der Waals surface area (Å²) in [6.45, 7) is 0. The largest absolute Gasteiger partial charge is 0.296 e. The van der Waals surface area contributed by atoms with Crippen LogP contribution in [0.1, 0.15) is 10.5 Å². The molecule has 0 aliphatic heterocycles. The summed E-state index contributed by atoms with van der Waals surface area (Å²) in [5, 5.41) is 11.9. The highest BCUT2D eigenvalue weighted by atomic mass is 79.9. The molecular weight excluding hydrogens is 434 g/mol. The van der Waals surface area contributed by atoms with Crippen LogP contribution in [0.15, 0.2) is 51.9 Å². The van der Waals surface area contributed by atoms with E-state index in [2.05, 4.69) is 36.3 Å². The molecule has 0 atom stereocenters. The Bertz CT molecular complexity index is 1080. The number of hydrogen-bond acceptors (Lipinski definition) is 6. The molecule has 9 heteroatoms. The molecule has 0 unspecified atom stereocenters. The number of carbonyl (C=O) groups excluding carboxylic acids is 1. The molecule has 1 aromatic carbocycles. The van der Waals surface area contributed by atoms with Gasteiger partial charge in [-0.3, -0.25) is 14.8 Å². The van der Waals surface area contributed by atoms with Gasteiger partial charge in [-0.15, -0.1) is 22.7 Å². The van der Waals surface area contributed by atoms with Crippen LogP contribution in [0.5, 0.6) is 0 Å². The molecule has 0 radical (unpaired) electrons. The van der Waals surface area contributed by atoms with Crippen LogP contribution >= 0.6 is 38.6 Å². The lowest BCUT2D eigenvalue weighted by atomic mass is 10.2. The topological polar surface area (TPSA) is 72.7 Å². The lowest BCUT2D eigenvalue weighted by Crippen LogP contribution is -2.12. The van der Waals surface area contributed by atoms with E-state index in [0.29, 0.717) is 10.8 Å². The predicted octanol–water partition coefficient (Wildman–Crippen LogP) is 4.68. The number of aromatic nitrogens is 4. The Morgan fingerprint density at radius 2 is 2.08 bits per heavy atom. The van der Waals surface area contributed by atoms with E-state index < -0.39 is 0 Å². The van der Waals surface area contributed by atoms with Gasteiger partial charge in [0, 0.05) is 39.6 Å². The summed E-state index contributed by atoms with van der Waals surface area (Å²) in [7, 11) is 1.84. The number of amides is 1. The lowest BCUT2D eigenvalue weighted by Gasteiger charge is -1.99. The molecule has 0 saturated heterocycles. The Morgan fingerprint density at radius 1 is 1.19 bits per heavy atom. The molecule has 0 spiro atoms. The molecule has 1 amide bonds. The third-order valence-corrected chi connectivity index (χ3v) is 5.68. The van der Waals surface area contributed by atoms with Crippen molar-refractivity contribution in [3.05, 3.63) is 57.6 Å². The molecule has 6 nitrogen and oxygen atoms in total. The van der Waals surface area contributed by atoms with Crippen LogP contribution in [0, 0.1) is 0 Å². The van der Waals surface area contributed by atoms with Gasteiger partial charge in [-0.25, -0.2) is 9.97 Å². The molecule has 0 fully saturated rings. The molecule has 0 bridgehead atoms. The van der Waals surface area contributed by atoms with Gasteiger partial charge in [0.25, 0.3) is 5.91 Å². The highest BCUT2D eigenvalue weighted by Gasteiger charge is 2.15. The number of hydrogen-bond donors (Lipinski definition) is 1. The number of nitrogens with one attached hydrogen (secondary N) is 1. The fraction of sp³-hybridized carbons (Fsp3) is 0.0588. The normalized spacial score (nSPS) is 10.8. The third-order valence-electron chi connectivity index (χ3n) is 3.53. The van der Waals surface area contributed by atoms with Gasteiger partial charge in [0.1, 0.15) is 10.7 Å². The van der Waals surface area contributed by atoms with Crippen LogP contribution in [-0.4, -0.2) is 25.7 Å². The van der Waals surface area contributed by atoms with E-state index in [4.69, 9.17) is 0 Å². The summed E-state index contributed by atoms with van der Waals surface area (Å²) in [4.78, 5) is 21.3. The second kappa shape index (κ2) is 7.10. The number of rotatable bonds is 4. The van der Waals surface area contributed by atoms with Gasteiger partial charge < -0.3 is 0 Å². The molecule has 1 N–H and O–H groups in total. The maximum atomic E-state index is 12.4. The van der Waals surface area contributed by atoms with E-state index in [9.17, 15) is 4.79 Å². The molecule has 130 valence electrons. The van der Waals surface area contributed by atoms with E-state index in [-0.39, 0.29) is 5.91 Å². The first kappa shape index (κ1) is 17.1. The third kappa shape index (κ3) is 3.59. The summed E-state index contributed by atoms with van der Waals surface area (Å²) in [5.74, 6) is -0.272. The van der Waals surface area contributed by atoms with Gasteiger partial charge in [0.2, 0.25) is 0 Å². The molecule has 0 aliphatic carbocycles. The molecule has 3 aromatic heterocycles. The standard InChI is InChI=1S/C17H12BrN5OS2/c1-23-7-11(6-19-23)16-20-14(9-25-16)15(24)22-17-21-13(8-26-17)10-3-2-4-12(18)5-10/h2-9H,1H3,(H,21,22,24). The summed E-state index contributed by atoms with van der Waals surface area (Å²) in [5.41, 5.74) is 3.07. The Balaban J connectivity index is 1.50. The minimum atomic E-state index is -0.272. The van der Waals surface area contributed by atoms with Crippen molar-refractivity contribution in [2.45, 2.75) is 0 Å². The summed E-state index contributed by atoms with van der Waals surface area (Å²) in [6.07, 6.45) is 3.59. The SMILES string of the molecule is Cn1cc(-c2nc(C(=O)Nc3nc(-c4cccc(Br)c4)cs3)cs2)cn1. The van der Waals surface area contributed by atoms with Crippen molar-refractivity contribution in [3.8, 4) is 21.8 Å². The molecule has 26 heavy (non-hydrogen) atoms. The smallest absolute Gasteiger partial charge is 0.276 e. The fourth-order valence-electron chi connectivity index (χ4n) is 2.31. The van der Waals surface area contributed by atoms with Crippen LogP contribution in [0.3, 0.4) is 0 Å². The second-order valence-electron chi connectivity index (χ2n) is 5.44. The Hall–Kier alpha value is -2.36. The Kier molecular flexibility index (Phi) is 4.66. The van der Waals surface area contributed by atoms with E-state index in [0.717, 1.165) is 26.3 Å². The average molecular weight is 446 g/mol. The van der Waals surface area contributed by atoms with Gasteiger partial charge in [-0.1, -0.05) is 28.1 Å². The molecule has 3 heterocycles. The van der Waals surface area contributed by atoms with Crippen molar-refractivity contribution in [2.24, 2.45) is 7.05 Å². The molecule has 0 aliphatic rings. The van der Waals surface area contributed by atoms with E-state index in [1.807, 2.05) is 42.9 Å². The van der Waals surface area contributed by atoms with Crippen molar-refractivity contribution < 1.29 is 4.79 Å². The first-order valence-electron chi connectivity index (χ1n) is 7.56. The van der Waals surface area contributed by atoms with Crippen LogP contribution in [0.2, 0.25) is 0 Å². The van der Waals surface area contributed by atoms with Gasteiger partial charge in [0.05, 0.1) is 11.9 Å². The maximum Gasteiger partial charge on any atom is 0.276 e. The van der Waals surface area contributed by atoms with E-state index in [1.165, 1.54) is 22.7 Å². The van der Waals surface area contributed by atoms with Crippen LogP contribution in [0.25, 0.3) is 21.8 Å². The second-order valence-corrected chi connectivity index (χ2v) is 8.07. The molecule has 0 saturated carbocycles. The number of halogens is 1. The monoisotopic (exact) mass is 445 g/mol. The number of carbonyl (C=O) groups is 1. The zero-order valence-corrected chi connectivity index (χ0v) is 16.7. The maximum absolute atomic E-state index is 12.4. The molecular formula is C17H12BrN5OS2. The zero-order valence-electron chi connectivity index (χ0n) is 13.5. The number of benzene rings is 1. The number of thiazole rings is 2. The summed E-state index contributed by atoms with van der Waals surface area (Å²) in [6, 6.07) is 7.88. The fourth-order valence-corrected chi connectivity index (χ4v) is 4.20. The zero-order chi connectivity index (χ0) is 18.1. The summed E-state index contributed by atoms with van der Waals surface area (Å²) < 4.78 is 2.69. The number of aryl methyl sites for hydroxylation is 1. The van der Waals surface area contributed by atoms with Gasteiger partial charge in [-0.2, -0.15) is 5.10 Å². The first-order valence-corrected chi connectivity index (χ1v) is 10.1. The van der Waals surface area contributed by atoms with Crippen molar-refractivity contribution in [1.82, 2.24) is 19.7 Å². The predicted molar refractivity (Wildman–Crippen MR) is 108 cm³/mol. The van der Waals surface area contributed by atoms with Gasteiger partial charge in [-0.05, 0) is 12.1 Å². The minimum Gasteiger partial charge on any atom is -0.296 e. The van der Waals surface area contributed by atoms with Gasteiger partial charge >= 0.3 is 0 Å².